The van der Waals surface area contributed by atoms with E-state index in [1.165, 1.54) is 17.3 Å². The lowest BCUT2D eigenvalue weighted by atomic mass is 10.1. The smallest absolute Gasteiger partial charge is 0.257 e. The van der Waals surface area contributed by atoms with E-state index in [4.69, 9.17) is 9.15 Å². The average molecular weight is 362 g/mol. The molecule has 0 fully saturated rings. The predicted molar refractivity (Wildman–Crippen MR) is 100 cm³/mol. The van der Waals surface area contributed by atoms with Gasteiger partial charge in [-0.3, -0.25) is 4.79 Å². The summed E-state index contributed by atoms with van der Waals surface area (Å²) in [5, 5.41) is 11.5. The van der Waals surface area contributed by atoms with Crippen LogP contribution in [-0.2, 0) is 11.2 Å². The lowest BCUT2D eigenvalue weighted by molar-refractivity contribution is -0.123. The molecular formula is C20H18N4O3. The van der Waals surface area contributed by atoms with Crippen LogP contribution < -0.4 is 10.1 Å². The van der Waals surface area contributed by atoms with Gasteiger partial charge < -0.3 is 19.5 Å². The van der Waals surface area contributed by atoms with Crippen LogP contribution in [0, 0.1) is 0 Å². The van der Waals surface area contributed by atoms with Gasteiger partial charge in [-0.2, -0.15) is 0 Å². The van der Waals surface area contributed by atoms with Gasteiger partial charge in [-0.05, 0) is 42.3 Å². The van der Waals surface area contributed by atoms with Crippen molar-refractivity contribution in [3.63, 3.8) is 0 Å². The fraction of sp³-hybridized carbons (Fsp3) is 0.150. The van der Waals surface area contributed by atoms with Crippen LogP contribution in [-0.4, -0.2) is 34.2 Å². The number of nitrogens with one attached hydrogen (secondary N) is 2. The van der Waals surface area contributed by atoms with Crippen molar-refractivity contribution in [2.75, 3.05) is 13.2 Å². The van der Waals surface area contributed by atoms with Crippen molar-refractivity contribution < 1.29 is 13.9 Å². The van der Waals surface area contributed by atoms with Gasteiger partial charge in [0, 0.05) is 29.2 Å². The number of para-hydroxylation sites is 1. The second-order valence-corrected chi connectivity index (χ2v) is 6.02. The van der Waals surface area contributed by atoms with Gasteiger partial charge >= 0.3 is 0 Å². The van der Waals surface area contributed by atoms with Crippen LogP contribution in [0.4, 0.5) is 0 Å². The summed E-state index contributed by atoms with van der Waals surface area (Å²) < 4.78 is 10.6. The highest BCUT2D eigenvalue weighted by atomic mass is 16.5. The molecule has 2 aromatic carbocycles. The zero-order valence-corrected chi connectivity index (χ0v) is 14.5. The van der Waals surface area contributed by atoms with E-state index < -0.39 is 0 Å². The Bertz CT molecular complexity index is 1020. The molecule has 27 heavy (non-hydrogen) atoms. The Morgan fingerprint density at radius 3 is 2.81 bits per heavy atom. The van der Waals surface area contributed by atoms with E-state index in [2.05, 4.69) is 26.6 Å². The summed E-state index contributed by atoms with van der Waals surface area (Å²) in [4.78, 5) is 15.2. The minimum absolute atomic E-state index is 0.0339. The third kappa shape index (κ3) is 3.98. The van der Waals surface area contributed by atoms with Gasteiger partial charge in [0.05, 0.1) is 0 Å². The molecule has 2 aromatic heterocycles. The molecule has 0 radical (unpaired) electrons. The molecule has 2 N–H and O–H groups in total. The van der Waals surface area contributed by atoms with Gasteiger partial charge in [0.1, 0.15) is 5.75 Å². The monoisotopic (exact) mass is 362 g/mol. The SMILES string of the molecule is O=C(COc1ccc(-c2nnco2)cc1)NCCc1c[nH]c2ccccc12. The molecule has 0 unspecified atom stereocenters. The summed E-state index contributed by atoms with van der Waals surface area (Å²) in [5.74, 6) is 0.887. The first-order valence-electron chi connectivity index (χ1n) is 8.61. The van der Waals surface area contributed by atoms with Crippen molar-refractivity contribution in [3.8, 4) is 17.2 Å². The molecule has 0 aliphatic carbocycles. The number of aromatic amines is 1. The van der Waals surface area contributed by atoms with Crippen LogP contribution in [0.5, 0.6) is 5.75 Å². The zero-order valence-electron chi connectivity index (χ0n) is 14.5. The van der Waals surface area contributed by atoms with E-state index in [1.807, 2.05) is 24.4 Å². The first-order valence-corrected chi connectivity index (χ1v) is 8.61. The number of carbonyl (C=O) groups is 1. The number of carbonyl (C=O) groups excluding carboxylic acids is 1. The average Bonchev–Trinajstić information content (AvgIpc) is 3.37. The fourth-order valence-electron chi connectivity index (χ4n) is 2.87. The molecule has 4 aromatic rings. The van der Waals surface area contributed by atoms with Crippen molar-refractivity contribution in [1.82, 2.24) is 20.5 Å². The standard InChI is InChI=1S/C20H18N4O3/c25-19(21-10-9-15-11-22-18-4-2-1-3-17(15)18)12-26-16-7-5-14(6-8-16)20-24-23-13-27-20/h1-8,11,13,22H,9-10,12H2,(H,21,25). The number of rotatable bonds is 7. The second-order valence-electron chi connectivity index (χ2n) is 6.02. The number of aromatic nitrogens is 3. The summed E-state index contributed by atoms with van der Waals surface area (Å²) >= 11 is 0. The summed E-state index contributed by atoms with van der Waals surface area (Å²) in [5.41, 5.74) is 3.08. The number of benzene rings is 2. The number of hydrogen-bond acceptors (Lipinski definition) is 5. The Morgan fingerprint density at radius 1 is 1.15 bits per heavy atom. The zero-order chi connectivity index (χ0) is 18.5. The topological polar surface area (TPSA) is 93.0 Å². The van der Waals surface area contributed by atoms with Crippen molar-refractivity contribution in [3.05, 3.63) is 66.7 Å². The van der Waals surface area contributed by atoms with Crippen LogP contribution in [0.3, 0.4) is 0 Å². The molecule has 7 heteroatoms. The highest BCUT2D eigenvalue weighted by Gasteiger charge is 2.07. The molecule has 0 atom stereocenters. The van der Waals surface area contributed by atoms with Gasteiger partial charge in [-0.15, -0.1) is 10.2 Å². The maximum absolute atomic E-state index is 12.0. The molecule has 0 spiro atoms. The molecule has 0 saturated carbocycles. The Morgan fingerprint density at radius 2 is 2.00 bits per heavy atom. The minimum atomic E-state index is -0.157. The molecule has 2 heterocycles. The third-order valence-electron chi connectivity index (χ3n) is 4.22. The first kappa shape index (κ1) is 16.8. The van der Waals surface area contributed by atoms with Crippen LogP contribution in [0.25, 0.3) is 22.4 Å². The summed E-state index contributed by atoms with van der Waals surface area (Å²) in [6, 6.07) is 15.2. The number of ether oxygens (including phenoxy) is 1. The number of amides is 1. The second kappa shape index (κ2) is 7.74. The van der Waals surface area contributed by atoms with Gasteiger partial charge in [0.2, 0.25) is 12.3 Å². The fourth-order valence-corrected chi connectivity index (χ4v) is 2.87. The molecule has 4 rings (SSSR count). The molecule has 0 aliphatic heterocycles. The maximum Gasteiger partial charge on any atom is 0.257 e. The number of nitrogens with zero attached hydrogens (tertiary/aromatic N) is 2. The van der Waals surface area contributed by atoms with Crippen molar-refractivity contribution in [2.45, 2.75) is 6.42 Å². The number of H-pyrrole nitrogens is 1. The van der Waals surface area contributed by atoms with E-state index in [-0.39, 0.29) is 12.5 Å². The van der Waals surface area contributed by atoms with E-state index in [1.54, 1.807) is 24.3 Å². The van der Waals surface area contributed by atoms with Gasteiger partial charge in [0.15, 0.2) is 6.61 Å². The van der Waals surface area contributed by atoms with Gasteiger partial charge in [-0.25, -0.2) is 0 Å². The van der Waals surface area contributed by atoms with Crippen molar-refractivity contribution in [2.24, 2.45) is 0 Å². The van der Waals surface area contributed by atoms with E-state index in [9.17, 15) is 4.79 Å². The van der Waals surface area contributed by atoms with Crippen molar-refractivity contribution >= 4 is 16.8 Å². The highest BCUT2D eigenvalue weighted by molar-refractivity contribution is 5.83. The molecule has 0 saturated heterocycles. The van der Waals surface area contributed by atoms with Crippen LogP contribution >= 0.6 is 0 Å². The molecular weight excluding hydrogens is 344 g/mol. The van der Waals surface area contributed by atoms with E-state index >= 15 is 0 Å². The summed E-state index contributed by atoms with van der Waals surface area (Å²) in [6.45, 7) is 0.522. The van der Waals surface area contributed by atoms with E-state index in [0.717, 1.165) is 17.5 Å². The molecule has 0 aliphatic rings. The molecule has 0 bridgehead atoms. The summed E-state index contributed by atoms with van der Waals surface area (Å²) in [7, 11) is 0. The molecule has 136 valence electrons. The van der Waals surface area contributed by atoms with Crippen molar-refractivity contribution in [1.29, 1.82) is 0 Å². The Balaban J connectivity index is 1.24. The summed E-state index contributed by atoms with van der Waals surface area (Å²) in [6.07, 6.45) is 4.02. The normalized spacial score (nSPS) is 10.8. The first-order chi connectivity index (χ1) is 13.3. The molecule has 7 nitrogen and oxygen atoms in total. The molecule has 1 amide bonds. The quantitative estimate of drug-likeness (QED) is 0.527. The Hall–Kier alpha value is -3.61. The Kier molecular flexibility index (Phi) is 4.82. The number of fused-ring (bicyclic) bond motifs is 1. The van der Waals surface area contributed by atoms with Crippen LogP contribution in [0.1, 0.15) is 5.56 Å². The maximum atomic E-state index is 12.0. The lowest BCUT2D eigenvalue weighted by Gasteiger charge is -2.07. The van der Waals surface area contributed by atoms with E-state index in [0.29, 0.717) is 18.2 Å². The highest BCUT2D eigenvalue weighted by Crippen LogP contribution is 2.20. The van der Waals surface area contributed by atoms with Crippen LogP contribution in [0.15, 0.2) is 65.5 Å². The van der Waals surface area contributed by atoms with Crippen LogP contribution in [0.2, 0.25) is 0 Å². The predicted octanol–water partition coefficient (Wildman–Crippen LogP) is 2.96. The number of hydrogen-bond donors (Lipinski definition) is 2. The lowest BCUT2D eigenvalue weighted by Crippen LogP contribution is -2.30. The van der Waals surface area contributed by atoms with Gasteiger partial charge in [0.25, 0.3) is 5.91 Å². The third-order valence-corrected chi connectivity index (χ3v) is 4.22. The van der Waals surface area contributed by atoms with Gasteiger partial charge in [-0.1, -0.05) is 18.2 Å². The largest absolute Gasteiger partial charge is 0.484 e. The Labute approximate surface area is 155 Å². The minimum Gasteiger partial charge on any atom is -0.484 e.